The van der Waals surface area contributed by atoms with Gasteiger partial charge in [0.05, 0.1) is 18.8 Å². The van der Waals surface area contributed by atoms with Crippen molar-refractivity contribution in [1.82, 2.24) is 5.32 Å². The van der Waals surface area contributed by atoms with Crippen molar-refractivity contribution in [3.63, 3.8) is 0 Å². The quantitative estimate of drug-likeness (QED) is 0.0420. The average Bonchev–Trinajstić information content (AvgIpc) is 3.39. The molecule has 0 rings (SSSR count). The fourth-order valence-corrected chi connectivity index (χ4v) is 10.0. The topological polar surface area (TPSA) is 69.6 Å². The Morgan fingerprint density at radius 3 is 0.889 bits per heavy atom. The second-order valence-electron chi connectivity index (χ2n) is 22.2. The van der Waals surface area contributed by atoms with Crippen LogP contribution in [0, 0.1) is 0 Å². The average molecular weight is 1010 g/mol. The number of amides is 1. The van der Waals surface area contributed by atoms with Crippen molar-refractivity contribution in [1.29, 1.82) is 0 Å². The summed E-state index contributed by atoms with van der Waals surface area (Å²) >= 11 is 0. The summed E-state index contributed by atoms with van der Waals surface area (Å²) in [5.74, 6) is -0.0727. The molecular formula is C68H127NO3. The van der Waals surface area contributed by atoms with E-state index in [2.05, 4.69) is 67.8 Å². The first-order chi connectivity index (χ1) is 35.7. The Labute approximate surface area is 451 Å². The van der Waals surface area contributed by atoms with E-state index in [1.165, 1.54) is 283 Å². The van der Waals surface area contributed by atoms with Crippen LogP contribution in [0.5, 0.6) is 0 Å². The van der Waals surface area contributed by atoms with Gasteiger partial charge >= 0.3 is 0 Å². The number of rotatable bonds is 60. The maximum absolute atomic E-state index is 12.5. The molecule has 0 saturated carbocycles. The predicted octanol–water partition coefficient (Wildman–Crippen LogP) is 21.9. The summed E-state index contributed by atoms with van der Waals surface area (Å²) in [6.07, 6.45) is 90.0. The third kappa shape index (κ3) is 59.0. The van der Waals surface area contributed by atoms with Crippen LogP contribution in [-0.2, 0) is 4.79 Å². The molecule has 0 fully saturated rings. The van der Waals surface area contributed by atoms with E-state index in [-0.39, 0.29) is 12.5 Å². The van der Waals surface area contributed by atoms with Crippen LogP contribution in [-0.4, -0.2) is 34.9 Å². The highest BCUT2D eigenvalue weighted by molar-refractivity contribution is 5.76. The molecule has 0 aromatic heterocycles. The minimum atomic E-state index is -0.872. The van der Waals surface area contributed by atoms with Crippen LogP contribution in [0.3, 0.4) is 0 Å². The van der Waals surface area contributed by atoms with Crippen molar-refractivity contribution < 1.29 is 15.0 Å². The van der Waals surface area contributed by atoms with Gasteiger partial charge in [-0.1, -0.05) is 325 Å². The minimum absolute atomic E-state index is 0.0727. The molecular weight excluding hydrogens is 879 g/mol. The second kappa shape index (κ2) is 63.4. The highest BCUT2D eigenvalue weighted by atomic mass is 16.3. The van der Waals surface area contributed by atoms with Crippen LogP contribution < -0.4 is 5.32 Å². The van der Waals surface area contributed by atoms with Crippen LogP contribution in [0.15, 0.2) is 60.8 Å². The number of hydrogen-bond acceptors (Lipinski definition) is 3. The smallest absolute Gasteiger partial charge is 0.220 e. The van der Waals surface area contributed by atoms with E-state index in [1.807, 2.05) is 6.08 Å². The van der Waals surface area contributed by atoms with Crippen molar-refractivity contribution in [3.8, 4) is 0 Å². The molecule has 0 saturated heterocycles. The first-order valence-electron chi connectivity index (χ1n) is 32.5. The SMILES string of the molecule is CCCCCCC/C=C\C/C=C\CCCCCCCCCCCCCCCCCCCCCCCC(=O)NC(CO)C(O)/C=C/CC/C=C/CC/C=C/CCCCCCCCCCCCCCCCCCC. The molecule has 1 amide bonds. The zero-order valence-electron chi connectivity index (χ0n) is 48.7. The molecule has 0 aliphatic carbocycles. The molecule has 0 spiro atoms. The Morgan fingerprint density at radius 1 is 0.333 bits per heavy atom. The number of nitrogens with one attached hydrogen (secondary N) is 1. The first-order valence-corrected chi connectivity index (χ1v) is 32.5. The van der Waals surface area contributed by atoms with Gasteiger partial charge in [0.25, 0.3) is 0 Å². The molecule has 4 nitrogen and oxygen atoms in total. The van der Waals surface area contributed by atoms with E-state index in [0.29, 0.717) is 6.42 Å². The monoisotopic (exact) mass is 1010 g/mol. The number of allylic oxidation sites excluding steroid dienone is 9. The van der Waals surface area contributed by atoms with Crippen LogP contribution in [0.2, 0.25) is 0 Å². The Hall–Kier alpha value is -1.91. The molecule has 0 aromatic rings. The lowest BCUT2D eigenvalue weighted by Gasteiger charge is -2.19. The molecule has 0 aliphatic rings. The van der Waals surface area contributed by atoms with E-state index in [0.717, 1.165) is 44.9 Å². The fraction of sp³-hybridized carbons (Fsp3) is 0.838. The van der Waals surface area contributed by atoms with Crippen molar-refractivity contribution >= 4 is 5.91 Å². The van der Waals surface area contributed by atoms with Crippen molar-refractivity contribution in [2.45, 2.75) is 360 Å². The third-order valence-corrected chi connectivity index (χ3v) is 15.0. The number of aliphatic hydroxyl groups excluding tert-OH is 2. The Morgan fingerprint density at radius 2 is 0.583 bits per heavy atom. The number of aliphatic hydroxyl groups is 2. The lowest BCUT2D eigenvalue weighted by molar-refractivity contribution is -0.123. The zero-order valence-corrected chi connectivity index (χ0v) is 48.7. The number of carbonyl (C=O) groups excluding carboxylic acids is 1. The van der Waals surface area contributed by atoms with Gasteiger partial charge < -0.3 is 15.5 Å². The lowest BCUT2D eigenvalue weighted by atomic mass is 10.0. The molecule has 0 heterocycles. The van der Waals surface area contributed by atoms with Crippen LogP contribution in [0.25, 0.3) is 0 Å². The molecule has 0 aromatic carbocycles. The maximum Gasteiger partial charge on any atom is 0.220 e. The van der Waals surface area contributed by atoms with Gasteiger partial charge in [0.15, 0.2) is 0 Å². The van der Waals surface area contributed by atoms with Gasteiger partial charge in [0, 0.05) is 6.42 Å². The molecule has 4 heteroatoms. The van der Waals surface area contributed by atoms with Crippen molar-refractivity contribution in [2.24, 2.45) is 0 Å². The summed E-state index contributed by atoms with van der Waals surface area (Å²) in [6.45, 7) is 4.32. The largest absolute Gasteiger partial charge is 0.394 e. The van der Waals surface area contributed by atoms with E-state index < -0.39 is 12.1 Å². The third-order valence-electron chi connectivity index (χ3n) is 15.0. The van der Waals surface area contributed by atoms with E-state index in [4.69, 9.17) is 0 Å². The maximum atomic E-state index is 12.5. The summed E-state index contributed by atoms with van der Waals surface area (Å²) in [7, 11) is 0. The highest BCUT2D eigenvalue weighted by Gasteiger charge is 2.18. The van der Waals surface area contributed by atoms with Gasteiger partial charge in [0.2, 0.25) is 5.91 Å². The Kier molecular flexibility index (Phi) is 61.7. The summed E-state index contributed by atoms with van der Waals surface area (Å²) in [5.41, 5.74) is 0. The zero-order chi connectivity index (χ0) is 52.0. The van der Waals surface area contributed by atoms with Gasteiger partial charge in [0.1, 0.15) is 0 Å². The standard InChI is InChI=1S/C68H127NO3/c1-3-5-7-9-11-13-15-17-19-21-23-25-27-29-31-32-33-34-35-36-38-40-42-44-46-48-50-52-54-56-58-60-62-64-68(72)69-66(65-70)67(71)63-61-59-57-55-53-51-49-47-45-43-41-39-37-30-28-26-24-22-20-18-16-14-12-10-8-6-4-2/h15,17,21,23,45,47,53,55,61,63,66-67,70-71H,3-14,16,18-20,22,24-44,46,48-52,54,56-60,62,64-65H2,1-2H3,(H,69,72)/b17-15-,23-21-,47-45+,55-53+,63-61+. The minimum Gasteiger partial charge on any atom is -0.394 e. The van der Waals surface area contributed by atoms with E-state index >= 15 is 0 Å². The molecule has 0 radical (unpaired) electrons. The van der Waals surface area contributed by atoms with Gasteiger partial charge in [-0.2, -0.15) is 0 Å². The molecule has 0 aliphatic heterocycles. The molecule has 3 N–H and O–H groups in total. The molecule has 0 bridgehead atoms. The molecule has 2 unspecified atom stereocenters. The molecule has 72 heavy (non-hydrogen) atoms. The van der Waals surface area contributed by atoms with Gasteiger partial charge in [-0.05, 0) is 77.0 Å². The first kappa shape index (κ1) is 70.1. The summed E-state index contributed by atoms with van der Waals surface area (Å²) in [5, 5.41) is 23.2. The van der Waals surface area contributed by atoms with Crippen molar-refractivity contribution in [2.75, 3.05) is 6.61 Å². The van der Waals surface area contributed by atoms with E-state index in [9.17, 15) is 15.0 Å². The van der Waals surface area contributed by atoms with Crippen LogP contribution in [0.4, 0.5) is 0 Å². The number of unbranched alkanes of at least 4 members (excludes halogenated alkanes) is 45. The van der Waals surface area contributed by atoms with Gasteiger partial charge in [-0.3, -0.25) is 4.79 Å². The lowest BCUT2D eigenvalue weighted by Crippen LogP contribution is -2.45. The van der Waals surface area contributed by atoms with Gasteiger partial charge in [-0.25, -0.2) is 0 Å². The number of carbonyl (C=O) groups is 1. The predicted molar refractivity (Wildman–Crippen MR) is 322 cm³/mol. The van der Waals surface area contributed by atoms with Crippen molar-refractivity contribution in [3.05, 3.63) is 60.8 Å². The van der Waals surface area contributed by atoms with E-state index in [1.54, 1.807) is 6.08 Å². The van der Waals surface area contributed by atoms with Crippen LogP contribution >= 0.6 is 0 Å². The van der Waals surface area contributed by atoms with Gasteiger partial charge in [-0.15, -0.1) is 0 Å². The highest BCUT2D eigenvalue weighted by Crippen LogP contribution is 2.18. The Balaban J connectivity index is 3.49. The summed E-state index contributed by atoms with van der Waals surface area (Å²) < 4.78 is 0. The Bertz CT molecular complexity index is 1190. The summed E-state index contributed by atoms with van der Waals surface area (Å²) in [6, 6.07) is -0.647. The molecule has 2 atom stereocenters. The normalized spacial score (nSPS) is 13.1. The summed E-state index contributed by atoms with van der Waals surface area (Å²) in [4.78, 5) is 12.5. The number of hydrogen-bond donors (Lipinski definition) is 3. The molecule has 422 valence electrons. The fourth-order valence-electron chi connectivity index (χ4n) is 10.0. The second-order valence-corrected chi connectivity index (χ2v) is 22.2. The van der Waals surface area contributed by atoms with Crippen LogP contribution in [0.1, 0.15) is 348 Å².